The number of halogens is 6. The molecule has 0 saturated heterocycles. The molecule has 0 aliphatic rings. The van der Waals surface area contributed by atoms with Crippen LogP contribution in [0.3, 0.4) is 0 Å². The van der Waals surface area contributed by atoms with E-state index in [2.05, 4.69) is 0 Å². The van der Waals surface area contributed by atoms with Gasteiger partial charge in [-0.3, -0.25) is 9.36 Å². The minimum atomic E-state index is -5.42. The van der Waals surface area contributed by atoms with E-state index in [0.29, 0.717) is 0 Å². The molecule has 1 N–H and O–H groups in total. The van der Waals surface area contributed by atoms with Crippen molar-refractivity contribution in [2.45, 2.75) is 40.0 Å². The second-order valence-electron chi connectivity index (χ2n) is 9.74. The summed E-state index contributed by atoms with van der Waals surface area (Å²) in [5.74, 6) is -5.34. The molecule has 0 aliphatic carbocycles. The predicted molar refractivity (Wildman–Crippen MR) is 166 cm³/mol. The van der Waals surface area contributed by atoms with Crippen molar-refractivity contribution >= 4 is 42.6 Å². The topological polar surface area (TPSA) is 71.4 Å². The number of aliphatic hydroxyl groups is 1. The van der Waals surface area contributed by atoms with Crippen molar-refractivity contribution in [2.24, 2.45) is 0 Å². The van der Waals surface area contributed by atoms with Gasteiger partial charge in [0.15, 0.2) is 15.6 Å². The quantitative estimate of drug-likeness (QED) is 0.0954. The SMILES string of the molecule is Cc1ccccc1P(=O)(c1ccccc1C)c1ccccc1C.Cc1ccccc1P=O.O=C(/C=C(\O)C(F)(F)F)C(F)(F)F.[Eu]. The molecule has 245 valence electrons. The van der Waals surface area contributed by atoms with Gasteiger partial charge < -0.3 is 9.67 Å². The Morgan fingerprint density at radius 3 is 1.22 bits per heavy atom. The number of alkyl halides is 6. The first kappa shape index (κ1) is 41.6. The van der Waals surface area contributed by atoms with Crippen LogP contribution in [0.4, 0.5) is 26.3 Å². The Kier molecular flexibility index (Phi) is 16.5. The standard InChI is InChI=1S/C21H21OP.C7H7OP.C5H2F6O2.Eu/c1-16-10-4-7-13-19(16)23(22,20-14-8-5-11-17(20)2)21-15-9-6-12-18(21)3;1-6-4-2-3-5-7(6)9-8;6-4(7,8)2(12)1-3(13)5(9,10)11;/h4-15H,1-3H3;2-5H,1H3;1,12H;/b;;2-1-;. The fourth-order valence-electron chi connectivity index (χ4n) is 4.09. The maximum Gasteiger partial charge on any atom is 0.454 e. The molecule has 0 aliphatic heterocycles. The third-order valence-corrected chi connectivity index (χ3v) is 10.7. The Morgan fingerprint density at radius 2 is 0.957 bits per heavy atom. The van der Waals surface area contributed by atoms with Crippen molar-refractivity contribution in [3.63, 3.8) is 0 Å². The Labute approximate surface area is 306 Å². The second-order valence-corrected chi connectivity index (χ2v) is 13.1. The van der Waals surface area contributed by atoms with Crippen LogP contribution in [0, 0.1) is 77.1 Å². The molecule has 0 unspecified atom stereocenters. The number of benzene rings is 4. The molecule has 4 aromatic rings. The first-order valence-electron chi connectivity index (χ1n) is 13.2. The molecule has 0 bridgehead atoms. The minimum Gasteiger partial charge on any atom is -0.504 e. The van der Waals surface area contributed by atoms with E-state index in [0.717, 1.165) is 43.5 Å². The van der Waals surface area contributed by atoms with Gasteiger partial charge in [-0.25, -0.2) is 0 Å². The van der Waals surface area contributed by atoms with Crippen LogP contribution in [-0.4, -0.2) is 23.2 Å². The summed E-state index contributed by atoms with van der Waals surface area (Å²) >= 11 is 0. The number of aliphatic hydroxyl groups excluding tert-OH is 1. The zero-order valence-corrected chi connectivity index (χ0v) is 29.2. The van der Waals surface area contributed by atoms with Crippen LogP contribution in [0.1, 0.15) is 22.3 Å². The number of rotatable bonds is 5. The van der Waals surface area contributed by atoms with Gasteiger partial charge in [0, 0.05) is 76.7 Å². The van der Waals surface area contributed by atoms with Crippen LogP contribution in [-0.2, 0) is 13.9 Å². The normalized spacial score (nSPS) is 11.7. The molecule has 46 heavy (non-hydrogen) atoms. The fraction of sp³-hybridized carbons (Fsp3) is 0.182. The average Bonchev–Trinajstić information content (AvgIpc) is 2.97. The maximum atomic E-state index is 14.5. The second kappa shape index (κ2) is 18.2. The van der Waals surface area contributed by atoms with Crippen molar-refractivity contribution in [2.75, 3.05) is 0 Å². The summed E-state index contributed by atoms with van der Waals surface area (Å²) in [6.07, 6.45) is -11.7. The molecule has 4 rings (SSSR count). The van der Waals surface area contributed by atoms with Crippen LogP contribution in [0.15, 0.2) is 109 Å². The summed E-state index contributed by atoms with van der Waals surface area (Å²) in [5, 5.41) is 11.6. The number of ketones is 1. The third kappa shape index (κ3) is 11.4. The Balaban J connectivity index is 0.000000390. The van der Waals surface area contributed by atoms with Crippen molar-refractivity contribution in [3.8, 4) is 0 Å². The average molecular weight is 818 g/mol. The van der Waals surface area contributed by atoms with Gasteiger partial charge in [-0.1, -0.05) is 91.0 Å². The summed E-state index contributed by atoms with van der Waals surface area (Å²) < 4.78 is 92.9. The fourth-order valence-corrected chi connectivity index (χ4v) is 7.84. The van der Waals surface area contributed by atoms with Crippen LogP contribution in [0.25, 0.3) is 0 Å². The van der Waals surface area contributed by atoms with Gasteiger partial charge in [0.1, 0.15) is 0 Å². The molecule has 0 heterocycles. The third-order valence-electron chi connectivity index (χ3n) is 6.42. The van der Waals surface area contributed by atoms with Crippen LogP contribution < -0.4 is 21.2 Å². The van der Waals surface area contributed by atoms with Crippen LogP contribution in [0.5, 0.6) is 0 Å². The first-order chi connectivity index (χ1) is 20.9. The molecular weight excluding hydrogens is 788 g/mol. The first-order valence-corrected chi connectivity index (χ1v) is 15.7. The van der Waals surface area contributed by atoms with Crippen LogP contribution >= 0.6 is 15.6 Å². The zero-order chi connectivity index (χ0) is 34.0. The molecule has 0 fully saturated rings. The van der Waals surface area contributed by atoms with E-state index in [-0.39, 0.29) is 57.8 Å². The van der Waals surface area contributed by atoms with Gasteiger partial charge >= 0.3 is 12.4 Å². The van der Waals surface area contributed by atoms with Gasteiger partial charge in [0.25, 0.3) is 5.78 Å². The predicted octanol–water partition coefficient (Wildman–Crippen LogP) is 8.29. The van der Waals surface area contributed by atoms with E-state index >= 15 is 0 Å². The van der Waals surface area contributed by atoms with Crippen molar-refractivity contribution < 1.29 is 94.8 Å². The molecule has 0 spiro atoms. The Hall–Kier alpha value is -2.42. The summed E-state index contributed by atoms with van der Waals surface area (Å²) in [5.41, 5.74) is 4.29. The molecule has 0 saturated carbocycles. The number of hydrogen-bond acceptors (Lipinski definition) is 4. The number of carbonyl (C=O) groups is 1. The smallest absolute Gasteiger partial charge is 0.454 e. The molecule has 1 radical (unpaired) electrons. The van der Waals surface area contributed by atoms with Gasteiger partial charge in [-0.2, -0.15) is 26.3 Å². The number of hydrogen-bond donors (Lipinski definition) is 1. The van der Waals surface area contributed by atoms with E-state index in [1.54, 1.807) is 0 Å². The minimum absolute atomic E-state index is 0. The maximum absolute atomic E-state index is 14.5. The van der Waals surface area contributed by atoms with Gasteiger partial charge in [-0.15, -0.1) is 0 Å². The van der Waals surface area contributed by atoms with Crippen molar-refractivity contribution in [1.82, 2.24) is 0 Å². The zero-order valence-electron chi connectivity index (χ0n) is 25.0. The van der Waals surface area contributed by atoms with E-state index < -0.39 is 37.1 Å². The number of carbonyl (C=O) groups excluding carboxylic acids is 1. The molecule has 0 atom stereocenters. The molecule has 4 nitrogen and oxygen atoms in total. The molecule has 13 heteroatoms. The molecule has 4 aromatic carbocycles. The van der Waals surface area contributed by atoms with Gasteiger partial charge in [0.2, 0.25) is 5.76 Å². The van der Waals surface area contributed by atoms with Gasteiger partial charge in [-0.05, 0) is 56.0 Å². The number of aryl methyl sites for hydroxylation is 4. The summed E-state index contributed by atoms with van der Waals surface area (Å²) in [4.78, 5) is 9.86. The largest absolute Gasteiger partial charge is 0.504 e. The van der Waals surface area contributed by atoms with E-state index in [9.17, 15) is 40.3 Å². The van der Waals surface area contributed by atoms with E-state index in [1.165, 1.54) is 0 Å². The van der Waals surface area contributed by atoms with E-state index in [1.807, 2.05) is 125 Å². The Morgan fingerprint density at radius 1 is 0.630 bits per heavy atom. The number of allylic oxidation sites excluding steroid dienone is 2. The molecule has 0 aromatic heterocycles. The monoisotopic (exact) mass is 819 g/mol. The Bertz CT molecular complexity index is 1600. The van der Waals surface area contributed by atoms with Crippen molar-refractivity contribution in [1.29, 1.82) is 0 Å². The summed E-state index contributed by atoms with van der Waals surface area (Å²) in [6, 6.07) is 31.7. The molecule has 0 amide bonds. The summed E-state index contributed by atoms with van der Waals surface area (Å²) in [6.45, 7) is 8.07. The molecular formula is C33H30EuF6O4P2. The summed E-state index contributed by atoms with van der Waals surface area (Å²) in [7, 11) is -2.78. The van der Waals surface area contributed by atoms with Crippen molar-refractivity contribution in [3.05, 3.63) is 131 Å². The van der Waals surface area contributed by atoms with Gasteiger partial charge in [0.05, 0.1) is 0 Å². The van der Waals surface area contributed by atoms with Crippen LogP contribution in [0.2, 0.25) is 0 Å². The van der Waals surface area contributed by atoms with E-state index in [4.69, 9.17) is 5.11 Å².